The van der Waals surface area contributed by atoms with Crippen LogP contribution in [-0.4, -0.2) is 30.9 Å². The lowest BCUT2D eigenvalue weighted by atomic mass is 10.1. The van der Waals surface area contributed by atoms with Gasteiger partial charge in [-0.3, -0.25) is 0 Å². The van der Waals surface area contributed by atoms with Crippen molar-refractivity contribution in [3.8, 4) is 5.88 Å². The van der Waals surface area contributed by atoms with Crippen LogP contribution >= 0.6 is 0 Å². The van der Waals surface area contributed by atoms with E-state index in [0.29, 0.717) is 17.4 Å². The Labute approximate surface area is 178 Å². The molecule has 0 atom stereocenters. The molecular formula is C21H24F2N6O2. The fraction of sp³-hybridized carbons (Fsp3) is 0.381. The van der Waals surface area contributed by atoms with Crippen LogP contribution in [0.3, 0.4) is 0 Å². The van der Waals surface area contributed by atoms with Gasteiger partial charge in [-0.05, 0) is 42.8 Å². The first kappa shape index (κ1) is 22.3. The van der Waals surface area contributed by atoms with Gasteiger partial charge >= 0.3 is 0 Å². The van der Waals surface area contributed by atoms with Crippen LogP contribution in [0.5, 0.6) is 5.88 Å². The fourth-order valence-corrected chi connectivity index (χ4v) is 2.68. The zero-order valence-corrected chi connectivity index (χ0v) is 17.8. The molecule has 0 amide bonds. The van der Waals surface area contributed by atoms with E-state index in [4.69, 9.17) is 9.57 Å². The Kier molecular flexibility index (Phi) is 6.88. The summed E-state index contributed by atoms with van der Waals surface area (Å²) in [6.45, 7) is 6.99. The predicted octanol–water partition coefficient (Wildman–Crippen LogP) is 4.28. The smallest absolute Gasteiger partial charge is 0.270 e. The van der Waals surface area contributed by atoms with Crippen LogP contribution < -0.4 is 4.74 Å². The average Bonchev–Trinajstić information content (AvgIpc) is 3.21. The summed E-state index contributed by atoms with van der Waals surface area (Å²) in [5, 5.41) is 15.6. The van der Waals surface area contributed by atoms with Crippen molar-refractivity contribution in [1.29, 1.82) is 0 Å². The molecule has 164 valence electrons. The maximum absolute atomic E-state index is 13.3. The second-order valence-corrected chi connectivity index (χ2v) is 7.34. The first-order valence-electron chi connectivity index (χ1n) is 9.74. The van der Waals surface area contributed by atoms with Crippen LogP contribution in [0.15, 0.2) is 47.8 Å². The second kappa shape index (κ2) is 9.59. The lowest BCUT2D eigenvalue weighted by Gasteiger charge is -2.10. The molecule has 2 aromatic heterocycles. The van der Waals surface area contributed by atoms with Crippen molar-refractivity contribution in [1.82, 2.24) is 25.2 Å². The van der Waals surface area contributed by atoms with Crippen molar-refractivity contribution < 1.29 is 18.4 Å². The van der Waals surface area contributed by atoms with E-state index >= 15 is 0 Å². The van der Waals surface area contributed by atoms with Gasteiger partial charge in [0.05, 0.1) is 11.8 Å². The molecule has 0 aliphatic heterocycles. The van der Waals surface area contributed by atoms with Crippen molar-refractivity contribution in [3.05, 3.63) is 65.1 Å². The van der Waals surface area contributed by atoms with E-state index in [2.05, 4.69) is 25.7 Å². The summed E-state index contributed by atoms with van der Waals surface area (Å²) in [5.74, 6) is -1.81. The quantitative estimate of drug-likeness (QED) is 0.372. The topological polar surface area (TPSA) is 87.3 Å². The van der Waals surface area contributed by atoms with E-state index in [1.807, 2.05) is 19.9 Å². The highest BCUT2D eigenvalue weighted by molar-refractivity contribution is 5.98. The number of hydrogen-bond acceptors (Lipinski definition) is 7. The summed E-state index contributed by atoms with van der Waals surface area (Å²) < 4.78 is 33.8. The zero-order chi connectivity index (χ0) is 22.4. The standard InChI is InChI=1S/C21H24F2N6O2/c1-14(2)29-19(25-27-28-29)13-30-20-10-7-17(11-24-20)15(3)26-31-12-16-5-8-18(9-6-16)21(4,22)23/h5-11,14H,12-13H2,1-4H3/b26-15+. The van der Waals surface area contributed by atoms with E-state index in [1.165, 1.54) is 12.1 Å². The second-order valence-electron chi connectivity index (χ2n) is 7.34. The monoisotopic (exact) mass is 430 g/mol. The van der Waals surface area contributed by atoms with Crippen LogP contribution in [0.4, 0.5) is 8.78 Å². The number of hydrogen-bond donors (Lipinski definition) is 0. The maximum Gasteiger partial charge on any atom is 0.270 e. The molecule has 0 spiro atoms. The minimum Gasteiger partial charge on any atom is -0.469 e. The van der Waals surface area contributed by atoms with Gasteiger partial charge < -0.3 is 9.57 Å². The molecule has 10 heteroatoms. The number of aromatic nitrogens is 5. The molecule has 0 saturated carbocycles. The van der Waals surface area contributed by atoms with Crippen molar-refractivity contribution >= 4 is 5.71 Å². The lowest BCUT2D eigenvalue weighted by Crippen LogP contribution is -2.11. The molecule has 2 heterocycles. The number of ether oxygens (including phenoxy) is 1. The molecule has 0 radical (unpaired) electrons. The molecule has 31 heavy (non-hydrogen) atoms. The Balaban J connectivity index is 1.53. The summed E-state index contributed by atoms with van der Waals surface area (Å²) in [6.07, 6.45) is 1.63. The minimum absolute atomic E-state index is 0.0370. The number of tetrazole rings is 1. The largest absolute Gasteiger partial charge is 0.469 e. The molecule has 0 aliphatic rings. The summed E-state index contributed by atoms with van der Waals surface area (Å²) in [6, 6.07) is 9.64. The third-order valence-electron chi connectivity index (χ3n) is 4.45. The van der Waals surface area contributed by atoms with Gasteiger partial charge in [0.1, 0.15) is 6.61 Å². The van der Waals surface area contributed by atoms with Gasteiger partial charge in [-0.2, -0.15) is 0 Å². The summed E-state index contributed by atoms with van der Waals surface area (Å²) in [7, 11) is 0. The lowest BCUT2D eigenvalue weighted by molar-refractivity contribution is 0.0174. The van der Waals surface area contributed by atoms with E-state index in [-0.39, 0.29) is 24.8 Å². The van der Waals surface area contributed by atoms with Crippen molar-refractivity contribution in [2.45, 2.75) is 52.9 Å². The van der Waals surface area contributed by atoms with Gasteiger partial charge in [0.25, 0.3) is 5.92 Å². The first-order chi connectivity index (χ1) is 14.7. The molecule has 1 aromatic carbocycles. The summed E-state index contributed by atoms with van der Waals surface area (Å²) in [4.78, 5) is 9.61. The minimum atomic E-state index is -2.86. The van der Waals surface area contributed by atoms with Gasteiger partial charge in [-0.1, -0.05) is 29.4 Å². The van der Waals surface area contributed by atoms with Crippen LogP contribution in [0.2, 0.25) is 0 Å². The fourth-order valence-electron chi connectivity index (χ4n) is 2.68. The number of rotatable bonds is 9. The molecule has 3 rings (SSSR count). The average molecular weight is 430 g/mol. The third kappa shape index (κ3) is 6.03. The Hall–Kier alpha value is -3.43. The van der Waals surface area contributed by atoms with Gasteiger partial charge in [-0.25, -0.2) is 18.4 Å². The van der Waals surface area contributed by atoms with Gasteiger partial charge in [0, 0.05) is 30.3 Å². The maximum atomic E-state index is 13.3. The molecule has 0 N–H and O–H groups in total. The number of oxime groups is 1. The molecular weight excluding hydrogens is 406 g/mol. The van der Waals surface area contributed by atoms with Crippen LogP contribution in [0, 0.1) is 0 Å². The van der Waals surface area contributed by atoms with Crippen molar-refractivity contribution in [2.24, 2.45) is 5.16 Å². The molecule has 8 nitrogen and oxygen atoms in total. The summed E-state index contributed by atoms with van der Waals surface area (Å²) in [5.41, 5.74) is 2.10. The van der Waals surface area contributed by atoms with Crippen LogP contribution in [-0.2, 0) is 24.0 Å². The highest BCUT2D eigenvalue weighted by atomic mass is 19.3. The SMILES string of the molecule is C/C(=N\OCc1ccc(C(C)(F)F)cc1)c1ccc(OCc2nnnn2C(C)C)nc1. The number of benzene rings is 1. The number of pyridine rings is 1. The molecule has 0 saturated heterocycles. The van der Waals surface area contributed by atoms with E-state index in [1.54, 1.807) is 36.0 Å². The van der Waals surface area contributed by atoms with E-state index in [0.717, 1.165) is 18.1 Å². The number of nitrogens with zero attached hydrogens (tertiary/aromatic N) is 6. The predicted molar refractivity (Wildman–Crippen MR) is 110 cm³/mol. The van der Waals surface area contributed by atoms with Crippen LogP contribution in [0.1, 0.15) is 56.3 Å². The van der Waals surface area contributed by atoms with Gasteiger partial charge in [0.2, 0.25) is 5.88 Å². The van der Waals surface area contributed by atoms with Crippen molar-refractivity contribution in [3.63, 3.8) is 0 Å². The van der Waals surface area contributed by atoms with E-state index < -0.39 is 5.92 Å². The molecule has 0 aliphatic carbocycles. The Morgan fingerprint density at radius 2 is 1.87 bits per heavy atom. The third-order valence-corrected chi connectivity index (χ3v) is 4.45. The summed E-state index contributed by atoms with van der Waals surface area (Å²) >= 11 is 0. The normalized spacial score (nSPS) is 12.3. The van der Waals surface area contributed by atoms with Gasteiger partial charge in [-0.15, -0.1) is 5.10 Å². The Morgan fingerprint density at radius 1 is 1.13 bits per heavy atom. The van der Waals surface area contributed by atoms with Crippen LogP contribution in [0.25, 0.3) is 0 Å². The molecule has 0 fully saturated rings. The van der Waals surface area contributed by atoms with Crippen molar-refractivity contribution in [2.75, 3.05) is 0 Å². The number of halogens is 2. The Bertz CT molecular complexity index is 1010. The van der Waals surface area contributed by atoms with E-state index in [9.17, 15) is 8.78 Å². The highest BCUT2D eigenvalue weighted by Gasteiger charge is 2.23. The zero-order valence-electron chi connectivity index (χ0n) is 17.8. The van der Waals surface area contributed by atoms with Gasteiger partial charge in [0.15, 0.2) is 12.4 Å². The highest BCUT2D eigenvalue weighted by Crippen LogP contribution is 2.26. The molecule has 3 aromatic rings. The Morgan fingerprint density at radius 3 is 2.48 bits per heavy atom. The molecule has 0 unspecified atom stereocenters. The number of alkyl halides is 2. The first-order valence-corrected chi connectivity index (χ1v) is 9.74. The molecule has 0 bridgehead atoms.